The van der Waals surface area contributed by atoms with Gasteiger partial charge in [0.25, 0.3) is 0 Å². The third-order valence-corrected chi connectivity index (χ3v) is 6.26. The Labute approximate surface area is 142 Å². The second kappa shape index (κ2) is 8.09. The van der Waals surface area contributed by atoms with E-state index in [1.165, 1.54) is 48.0 Å². The van der Waals surface area contributed by atoms with Gasteiger partial charge in [-0.1, -0.05) is 26.7 Å². The minimum atomic E-state index is 0.170. The van der Waals surface area contributed by atoms with Crippen molar-refractivity contribution in [2.45, 2.75) is 71.0 Å². The van der Waals surface area contributed by atoms with E-state index < -0.39 is 0 Å². The van der Waals surface area contributed by atoms with Crippen LogP contribution in [0.25, 0.3) is 0 Å². The molecule has 2 nitrogen and oxygen atoms in total. The number of nitrogens with zero attached hydrogens (tertiary/aromatic N) is 1. The van der Waals surface area contributed by atoms with Crippen molar-refractivity contribution in [1.29, 1.82) is 0 Å². The van der Waals surface area contributed by atoms with E-state index in [1.807, 2.05) is 11.3 Å². The lowest BCUT2D eigenvalue weighted by Gasteiger charge is -2.38. The summed E-state index contributed by atoms with van der Waals surface area (Å²) in [5.74, 6) is 0.748. The number of hydrogen-bond donors (Lipinski definition) is 1. The molecule has 0 aromatic carbocycles. The van der Waals surface area contributed by atoms with Crippen LogP contribution in [0.2, 0.25) is 0 Å². The fourth-order valence-electron chi connectivity index (χ4n) is 3.40. The largest absolute Gasteiger partial charge is 0.326 e. The van der Waals surface area contributed by atoms with Crippen LogP contribution >= 0.6 is 27.3 Å². The zero-order chi connectivity index (χ0) is 15.4. The lowest BCUT2D eigenvalue weighted by atomic mass is 10.0. The first-order chi connectivity index (χ1) is 9.99. The highest BCUT2D eigenvalue weighted by molar-refractivity contribution is 9.10. The number of halogens is 1. The molecule has 2 rings (SSSR count). The van der Waals surface area contributed by atoms with Gasteiger partial charge in [0.15, 0.2) is 0 Å². The summed E-state index contributed by atoms with van der Waals surface area (Å²) in [7, 11) is 0. The number of thiophene rings is 1. The lowest BCUT2D eigenvalue weighted by molar-refractivity contribution is 0.114. The van der Waals surface area contributed by atoms with Crippen LogP contribution in [0.4, 0.5) is 0 Å². The van der Waals surface area contributed by atoms with Gasteiger partial charge in [0, 0.05) is 26.8 Å². The second-order valence-electron chi connectivity index (χ2n) is 6.83. The Morgan fingerprint density at radius 3 is 2.48 bits per heavy atom. The summed E-state index contributed by atoms with van der Waals surface area (Å²) in [6.45, 7) is 7.96. The van der Waals surface area contributed by atoms with Crippen molar-refractivity contribution < 1.29 is 0 Å². The van der Waals surface area contributed by atoms with Gasteiger partial charge >= 0.3 is 0 Å². The van der Waals surface area contributed by atoms with Crippen molar-refractivity contribution in [3.8, 4) is 0 Å². The summed E-state index contributed by atoms with van der Waals surface area (Å²) in [6.07, 6.45) is 6.69. The van der Waals surface area contributed by atoms with Crippen LogP contribution in [0.15, 0.2) is 15.9 Å². The zero-order valence-corrected chi connectivity index (χ0v) is 15.9. The molecule has 4 heteroatoms. The molecule has 1 aliphatic carbocycles. The molecule has 0 aliphatic heterocycles. The topological polar surface area (TPSA) is 29.3 Å². The maximum atomic E-state index is 6.40. The molecule has 2 N–H and O–H groups in total. The van der Waals surface area contributed by atoms with Crippen molar-refractivity contribution in [1.82, 2.24) is 4.90 Å². The summed E-state index contributed by atoms with van der Waals surface area (Å²) in [6, 6.07) is 3.52. The summed E-state index contributed by atoms with van der Waals surface area (Å²) in [5.41, 5.74) is 6.40. The van der Waals surface area contributed by atoms with Gasteiger partial charge in [-0.05, 0) is 60.6 Å². The standard InChI is InChI=1S/C17H29BrN2S/c1-12(2)8-9-20(15-6-4-5-7-15)17(13(3)19)16-10-14(18)11-21-16/h10-13,15,17H,4-9,19H2,1-3H3. The van der Waals surface area contributed by atoms with E-state index >= 15 is 0 Å². The van der Waals surface area contributed by atoms with Crippen molar-refractivity contribution >= 4 is 27.3 Å². The van der Waals surface area contributed by atoms with Crippen molar-refractivity contribution in [3.05, 3.63) is 20.8 Å². The molecule has 0 bridgehead atoms. The van der Waals surface area contributed by atoms with Gasteiger partial charge in [-0.25, -0.2) is 0 Å². The molecule has 2 atom stereocenters. The Bertz CT molecular complexity index is 424. The molecule has 2 unspecified atom stereocenters. The Morgan fingerprint density at radius 1 is 1.33 bits per heavy atom. The Hall–Kier alpha value is 0.1000. The van der Waals surface area contributed by atoms with Crippen molar-refractivity contribution in [3.63, 3.8) is 0 Å². The van der Waals surface area contributed by atoms with Gasteiger partial charge in [0.05, 0.1) is 6.04 Å². The fourth-order valence-corrected chi connectivity index (χ4v) is 5.08. The average Bonchev–Trinajstić information content (AvgIpc) is 3.04. The highest BCUT2D eigenvalue weighted by Gasteiger charge is 2.32. The summed E-state index contributed by atoms with van der Waals surface area (Å²) < 4.78 is 1.18. The Kier molecular flexibility index (Phi) is 6.73. The first-order valence-corrected chi connectivity index (χ1v) is 9.91. The molecule has 1 fully saturated rings. The first kappa shape index (κ1) is 17.5. The van der Waals surface area contributed by atoms with Crippen molar-refractivity contribution in [2.75, 3.05) is 6.54 Å². The molecule has 1 heterocycles. The van der Waals surface area contributed by atoms with E-state index in [4.69, 9.17) is 5.73 Å². The third kappa shape index (κ3) is 4.78. The number of rotatable bonds is 7. The molecule has 0 amide bonds. The van der Waals surface area contributed by atoms with Gasteiger partial charge < -0.3 is 5.73 Å². The van der Waals surface area contributed by atoms with Crippen LogP contribution < -0.4 is 5.73 Å². The normalized spacial score (nSPS) is 19.6. The van der Waals surface area contributed by atoms with Crippen LogP contribution in [0, 0.1) is 5.92 Å². The summed E-state index contributed by atoms with van der Waals surface area (Å²) in [4.78, 5) is 4.13. The third-order valence-electron chi connectivity index (χ3n) is 4.49. The molecule has 1 aromatic rings. The first-order valence-electron chi connectivity index (χ1n) is 8.24. The average molecular weight is 373 g/mol. The van der Waals surface area contributed by atoms with Crippen LogP contribution in [-0.4, -0.2) is 23.5 Å². The van der Waals surface area contributed by atoms with Crippen LogP contribution in [0.1, 0.15) is 63.8 Å². The fraction of sp³-hybridized carbons (Fsp3) is 0.765. The van der Waals surface area contributed by atoms with Crippen LogP contribution in [0.3, 0.4) is 0 Å². The van der Waals surface area contributed by atoms with Gasteiger partial charge in [0.2, 0.25) is 0 Å². The molecular weight excluding hydrogens is 344 g/mol. The highest BCUT2D eigenvalue weighted by Crippen LogP contribution is 2.36. The van der Waals surface area contributed by atoms with E-state index in [-0.39, 0.29) is 6.04 Å². The maximum Gasteiger partial charge on any atom is 0.0593 e. The van der Waals surface area contributed by atoms with Gasteiger partial charge in [-0.2, -0.15) is 0 Å². The minimum Gasteiger partial charge on any atom is -0.326 e. The molecule has 1 aliphatic rings. The molecular formula is C17H29BrN2S. The van der Waals surface area contributed by atoms with E-state index in [0.717, 1.165) is 12.0 Å². The number of hydrogen-bond acceptors (Lipinski definition) is 3. The molecule has 0 spiro atoms. The molecule has 120 valence electrons. The summed E-state index contributed by atoms with van der Waals surface area (Å²) in [5, 5.41) is 2.18. The summed E-state index contributed by atoms with van der Waals surface area (Å²) >= 11 is 5.43. The van der Waals surface area contributed by atoms with E-state index in [1.54, 1.807) is 0 Å². The van der Waals surface area contributed by atoms with E-state index in [9.17, 15) is 0 Å². The monoisotopic (exact) mass is 372 g/mol. The van der Waals surface area contributed by atoms with E-state index in [0.29, 0.717) is 6.04 Å². The van der Waals surface area contributed by atoms with Gasteiger partial charge in [-0.3, -0.25) is 4.90 Å². The quantitative estimate of drug-likeness (QED) is 0.713. The van der Waals surface area contributed by atoms with Gasteiger partial charge in [0.1, 0.15) is 0 Å². The predicted octanol–water partition coefficient (Wildman–Crippen LogP) is 5.19. The number of nitrogens with two attached hydrogens (primary N) is 1. The van der Waals surface area contributed by atoms with E-state index in [2.05, 4.69) is 53.0 Å². The maximum absolute atomic E-state index is 6.40. The molecule has 1 saturated carbocycles. The smallest absolute Gasteiger partial charge is 0.0593 e. The molecule has 1 aromatic heterocycles. The highest BCUT2D eigenvalue weighted by atomic mass is 79.9. The second-order valence-corrected chi connectivity index (χ2v) is 8.69. The zero-order valence-electron chi connectivity index (χ0n) is 13.5. The Morgan fingerprint density at radius 2 is 2.00 bits per heavy atom. The Balaban J connectivity index is 2.21. The molecule has 0 radical (unpaired) electrons. The predicted molar refractivity (Wildman–Crippen MR) is 96.8 cm³/mol. The molecule has 0 saturated heterocycles. The minimum absolute atomic E-state index is 0.170. The van der Waals surface area contributed by atoms with Gasteiger partial charge in [-0.15, -0.1) is 11.3 Å². The van der Waals surface area contributed by atoms with Crippen LogP contribution in [0.5, 0.6) is 0 Å². The van der Waals surface area contributed by atoms with Crippen molar-refractivity contribution in [2.24, 2.45) is 11.7 Å². The SMILES string of the molecule is CC(C)CCN(C1CCCC1)C(c1cc(Br)cs1)C(C)N. The molecule has 21 heavy (non-hydrogen) atoms. The lowest BCUT2D eigenvalue weighted by Crippen LogP contribution is -2.44. The van der Waals surface area contributed by atoms with Crippen LogP contribution in [-0.2, 0) is 0 Å².